The average molecular weight is 216 g/mol. The minimum atomic E-state index is -0.125. The summed E-state index contributed by atoms with van der Waals surface area (Å²) in [5.74, 6) is 0. The SMILES string of the molecule is CC(C)=CCOCC=C(C)C.OCCO. The first-order valence-electron chi connectivity index (χ1n) is 5.10. The Balaban J connectivity index is 0. The molecule has 0 aliphatic heterocycles. The van der Waals surface area contributed by atoms with E-state index in [1.54, 1.807) is 0 Å². The van der Waals surface area contributed by atoms with Gasteiger partial charge in [0.25, 0.3) is 0 Å². The van der Waals surface area contributed by atoms with Gasteiger partial charge in [-0.3, -0.25) is 0 Å². The summed E-state index contributed by atoms with van der Waals surface area (Å²) in [6, 6.07) is 0. The quantitative estimate of drug-likeness (QED) is 0.545. The molecule has 0 aliphatic rings. The Labute approximate surface area is 93.1 Å². The molecule has 3 nitrogen and oxygen atoms in total. The molecule has 90 valence electrons. The molecule has 0 heterocycles. The number of hydrogen-bond acceptors (Lipinski definition) is 3. The van der Waals surface area contributed by atoms with Crippen molar-refractivity contribution in [1.29, 1.82) is 0 Å². The van der Waals surface area contributed by atoms with Gasteiger partial charge in [0, 0.05) is 0 Å². The number of aliphatic hydroxyl groups is 2. The molecule has 0 aromatic carbocycles. The van der Waals surface area contributed by atoms with Crippen molar-refractivity contribution in [2.24, 2.45) is 0 Å². The molecule has 0 rings (SSSR count). The fourth-order valence-corrected chi connectivity index (χ4v) is 0.519. The maximum Gasteiger partial charge on any atom is 0.0662 e. The van der Waals surface area contributed by atoms with Gasteiger partial charge in [-0.15, -0.1) is 0 Å². The van der Waals surface area contributed by atoms with Gasteiger partial charge in [0.1, 0.15) is 0 Å². The van der Waals surface area contributed by atoms with Gasteiger partial charge in [0.05, 0.1) is 26.4 Å². The van der Waals surface area contributed by atoms with Gasteiger partial charge in [0.2, 0.25) is 0 Å². The van der Waals surface area contributed by atoms with Crippen LogP contribution in [0.15, 0.2) is 23.3 Å². The molecule has 0 aromatic heterocycles. The summed E-state index contributed by atoms with van der Waals surface area (Å²) in [7, 11) is 0. The lowest BCUT2D eigenvalue weighted by atomic mass is 10.3. The molecule has 0 unspecified atom stereocenters. The Morgan fingerprint density at radius 2 is 1.20 bits per heavy atom. The van der Waals surface area contributed by atoms with Crippen LogP contribution in [-0.2, 0) is 4.74 Å². The van der Waals surface area contributed by atoms with Crippen molar-refractivity contribution in [3.8, 4) is 0 Å². The van der Waals surface area contributed by atoms with Crippen LogP contribution in [0.3, 0.4) is 0 Å². The van der Waals surface area contributed by atoms with Gasteiger partial charge in [-0.25, -0.2) is 0 Å². The minimum Gasteiger partial charge on any atom is -0.394 e. The van der Waals surface area contributed by atoms with Crippen molar-refractivity contribution in [2.45, 2.75) is 27.7 Å². The van der Waals surface area contributed by atoms with Gasteiger partial charge in [-0.2, -0.15) is 0 Å². The molecule has 0 radical (unpaired) electrons. The highest BCUT2D eigenvalue weighted by atomic mass is 16.5. The smallest absolute Gasteiger partial charge is 0.0662 e. The summed E-state index contributed by atoms with van der Waals surface area (Å²) in [6.45, 7) is 9.50. The number of allylic oxidation sites excluding steroid dienone is 2. The van der Waals surface area contributed by atoms with Crippen LogP contribution < -0.4 is 0 Å². The van der Waals surface area contributed by atoms with E-state index in [1.165, 1.54) is 11.1 Å². The lowest BCUT2D eigenvalue weighted by Crippen LogP contribution is -1.91. The molecule has 0 amide bonds. The highest BCUT2D eigenvalue weighted by Gasteiger charge is 1.81. The summed E-state index contributed by atoms with van der Waals surface area (Å²) >= 11 is 0. The Morgan fingerprint density at radius 1 is 0.867 bits per heavy atom. The summed E-state index contributed by atoms with van der Waals surface area (Å²) in [6.07, 6.45) is 4.16. The van der Waals surface area contributed by atoms with Crippen molar-refractivity contribution >= 4 is 0 Å². The summed E-state index contributed by atoms with van der Waals surface area (Å²) < 4.78 is 5.30. The van der Waals surface area contributed by atoms with Crippen LogP contribution in [0.1, 0.15) is 27.7 Å². The van der Waals surface area contributed by atoms with Gasteiger partial charge in [-0.1, -0.05) is 23.3 Å². The van der Waals surface area contributed by atoms with Gasteiger partial charge >= 0.3 is 0 Å². The Kier molecular flexibility index (Phi) is 14.9. The van der Waals surface area contributed by atoms with E-state index in [0.717, 1.165) is 13.2 Å². The highest BCUT2D eigenvalue weighted by Crippen LogP contribution is 1.91. The van der Waals surface area contributed by atoms with Gasteiger partial charge in [0.15, 0.2) is 0 Å². The molecule has 0 aromatic rings. The second-order valence-electron chi connectivity index (χ2n) is 3.55. The zero-order valence-corrected chi connectivity index (χ0v) is 10.3. The largest absolute Gasteiger partial charge is 0.394 e. The van der Waals surface area contributed by atoms with Crippen LogP contribution in [0.2, 0.25) is 0 Å². The van der Waals surface area contributed by atoms with Crippen LogP contribution in [0.4, 0.5) is 0 Å². The third-order valence-corrected chi connectivity index (χ3v) is 1.32. The normalized spacial score (nSPS) is 8.67. The molecule has 0 saturated carbocycles. The fourth-order valence-electron chi connectivity index (χ4n) is 0.519. The van der Waals surface area contributed by atoms with Crippen LogP contribution in [0.5, 0.6) is 0 Å². The number of aliphatic hydroxyl groups excluding tert-OH is 2. The van der Waals surface area contributed by atoms with Crippen molar-refractivity contribution in [3.63, 3.8) is 0 Å². The number of ether oxygens (including phenoxy) is 1. The zero-order chi connectivity index (χ0) is 12.1. The molecule has 15 heavy (non-hydrogen) atoms. The predicted molar refractivity (Wildman–Crippen MR) is 63.9 cm³/mol. The monoisotopic (exact) mass is 216 g/mol. The average Bonchev–Trinajstić information content (AvgIpc) is 2.17. The summed E-state index contributed by atoms with van der Waals surface area (Å²) in [4.78, 5) is 0. The Hall–Kier alpha value is -0.640. The van der Waals surface area contributed by atoms with E-state index in [9.17, 15) is 0 Å². The van der Waals surface area contributed by atoms with E-state index in [1.807, 2.05) is 0 Å². The molecule has 0 aliphatic carbocycles. The first-order valence-corrected chi connectivity index (χ1v) is 5.10. The van der Waals surface area contributed by atoms with Crippen LogP contribution >= 0.6 is 0 Å². The van der Waals surface area contributed by atoms with Crippen molar-refractivity contribution in [2.75, 3.05) is 26.4 Å². The van der Waals surface area contributed by atoms with E-state index in [-0.39, 0.29) is 13.2 Å². The molecular weight excluding hydrogens is 192 g/mol. The van der Waals surface area contributed by atoms with Crippen molar-refractivity contribution in [3.05, 3.63) is 23.3 Å². The van der Waals surface area contributed by atoms with E-state index < -0.39 is 0 Å². The molecule has 0 spiro atoms. The third-order valence-electron chi connectivity index (χ3n) is 1.32. The maximum atomic E-state index is 7.62. The summed E-state index contributed by atoms with van der Waals surface area (Å²) in [5.41, 5.74) is 2.62. The fraction of sp³-hybridized carbons (Fsp3) is 0.667. The first kappa shape index (κ1) is 16.8. The first-order chi connectivity index (χ1) is 7.04. The molecule has 0 saturated heterocycles. The second-order valence-corrected chi connectivity index (χ2v) is 3.55. The van der Waals surface area contributed by atoms with E-state index >= 15 is 0 Å². The maximum absolute atomic E-state index is 7.62. The number of hydrogen-bond donors (Lipinski definition) is 2. The Bertz CT molecular complexity index is 155. The molecule has 3 heteroatoms. The van der Waals surface area contributed by atoms with Gasteiger partial charge < -0.3 is 14.9 Å². The molecule has 0 atom stereocenters. The van der Waals surface area contributed by atoms with E-state index in [4.69, 9.17) is 14.9 Å². The van der Waals surface area contributed by atoms with Crippen LogP contribution in [-0.4, -0.2) is 36.6 Å². The standard InChI is InChI=1S/C10H18O.C2H6O2/c1-9(2)5-7-11-8-6-10(3)4;3-1-2-4/h5-6H,7-8H2,1-4H3;3-4H,1-2H2. The lowest BCUT2D eigenvalue weighted by molar-refractivity contribution is 0.186. The molecule has 0 fully saturated rings. The van der Waals surface area contributed by atoms with Crippen molar-refractivity contribution in [1.82, 2.24) is 0 Å². The highest BCUT2D eigenvalue weighted by molar-refractivity contribution is 4.95. The summed E-state index contributed by atoms with van der Waals surface area (Å²) in [5, 5.41) is 15.2. The topological polar surface area (TPSA) is 49.7 Å². The predicted octanol–water partition coefficient (Wildman–Crippen LogP) is 1.91. The van der Waals surface area contributed by atoms with Gasteiger partial charge in [-0.05, 0) is 27.7 Å². The number of rotatable bonds is 5. The van der Waals surface area contributed by atoms with E-state index in [2.05, 4.69) is 39.8 Å². The molecular formula is C12H24O3. The minimum absolute atomic E-state index is 0.125. The lowest BCUT2D eigenvalue weighted by Gasteiger charge is -1.96. The van der Waals surface area contributed by atoms with Crippen molar-refractivity contribution < 1.29 is 14.9 Å². The molecule has 0 bridgehead atoms. The van der Waals surface area contributed by atoms with Crippen LogP contribution in [0, 0.1) is 0 Å². The molecule has 2 N–H and O–H groups in total. The zero-order valence-electron chi connectivity index (χ0n) is 10.3. The third kappa shape index (κ3) is 24.7. The van der Waals surface area contributed by atoms with E-state index in [0.29, 0.717) is 0 Å². The second kappa shape index (κ2) is 13.4. The Morgan fingerprint density at radius 3 is 1.40 bits per heavy atom. The van der Waals surface area contributed by atoms with Crippen LogP contribution in [0.25, 0.3) is 0 Å².